The highest BCUT2D eigenvalue weighted by Crippen LogP contribution is 2.23. The minimum absolute atomic E-state index is 0.175. The molecule has 3 aromatic rings. The Morgan fingerprint density at radius 3 is 2.70 bits per heavy atom. The second-order valence-electron chi connectivity index (χ2n) is 5.86. The van der Waals surface area contributed by atoms with E-state index in [0.29, 0.717) is 18.0 Å². The summed E-state index contributed by atoms with van der Waals surface area (Å²) in [5, 5.41) is 22.0. The van der Waals surface area contributed by atoms with E-state index in [1.165, 1.54) is 10.9 Å². The Morgan fingerprint density at radius 2 is 2.07 bits per heavy atom. The van der Waals surface area contributed by atoms with E-state index in [1.54, 1.807) is 17.8 Å². The van der Waals surface area contributed by atoms with Gasteiger partial charge in [0.05, 0.1) is 11.5 Å². The van der Waals surface area contributed by atoms with Crippen LogP contribution < -0.4 is 5.32 Å². The van der Waals surface area contributed by atoms with Crippen molar-refractivity contribution in [2.24, 2.45) is 0 Å². The van der Waals surface area contributed by atoms with Crippen LogP contribution in [0.3, 0.4) is 0 Å². The summed E-state index contributed by atoms with van der Waals surface area (Å²) in [4.78, 5) is 22.8. The number of hydrogen-bond acceptors (Lipinski definition) is 5. The van der Waals surface area contributed by atoms with Crippen molar-refractivity contribution in [2.45, 2.75) is 25.9 Å². The monoisotopic (exact) mass is 388 g/mol. The fourth-order valence-corrected chi connectivity index (χ4v) is 2.82. The van der Waals surface area contributed by atoms with Crippen molar-refractivity contribution in [3.63, 3.8) is 0 Å². The molecule has 0 aliphatic rings. The number of carbonyl (C=O) groups is 1. The zero-order valence-corrected chi connectivity index (χ0v) is 15.2. The first-order valence-electron chi connectivity index (χ1n) is 8.24. The van der Waals surface area contributed by atoms with Gasteiger partial charge in [-0.1, -0.05) is 48.9 Å². The van der Waals surface area contributed by atoms with Crippen LogP contribution in [0.5, 0.6) is 0 Å². The summed E-state index contributed by atoms with van der Waals surface area (Å²) in [5.41, 5.74) is 0.872. The summed E-state index contributed by atoms with van der Waals surface area (Å²) in [6.45, 7) is 2.30. The van der Waals surface area contributed by atoms with Crippen molar-refractivity contribution in [1.82, 2.24) is 19.6 Å². The molecule has 0 bridgehead atoms. The van der Waals surface area contributed by atoms with Crippen LogP contribution in [0.4, 0.5) is 11.5 Å². The molecule has 1 amide bonds. The average Bonchev–Trinajstić information content (AvgIpc) is 3.24. The molecule has 1 atom stereocenters. The van der Waals surface area contributed by atoms with Gasteiger partial charge < -0.3 is 5.32 Å². The van der Waals surface area contributed by atoms with Crippen LogP contribution in [0.15, 0.2) is 48.9 Å². The molecule has 0 saturated carbocycles. The first-order valence-corrected chi connectivity index (χ1v) is 8.62. The van der Waals surface area contributed by atoms with E-state index in [2.05, 4.69) is 15.5 Å². The molecule has 0 aliphatic heterocycles. The Hall–Kier alpha value is -3.20. The number of amides is 1. The van der Waals surface area contributed by atoms with Gasteiger partial charge in [0.1, 0.15) is 23.5 Å². The van der Waals surface area contributed by atoms with Crippen molar-refractivity contribution < 1.29 is 9.72 Å². The third kappa shape index (κ3) is 4.32. The number of nitro groups is 1. The Balaban J connectivity index is 1.73. The van der Waals surface area contributed by atoms with Gasteiger partial charge in [0.15, 0.2) is 5.82 Å². The Bertz CT molecular complexity index is 953. The predicted molar refractivity (Wildman–Crippen MR) is 99.6 cm³/mol. The van der Waals surface area contributed by atoms with Gasteiger partial charge in [-0.05, 0) is 12.0 Å². The van der Waals surface area contributed by atoms with Crippen molar-refractivity contribution in [1.29, 1.82) is 0 Å². The number of halogens is 1. The Kier molecular flexibility index (Phi) is 5.51. The van der Waals surface area contributed by atoms with E-state index in [0.717, 1.165) is 11.8 Å². The van der Waals surface area contributed by atoms with Crippen molar-refractivity contribution in [3.8, 4) is 0 Å². The zero-order chi connectivity index (χ0) is 19.4. The topological polar surface area (TPSA) is 108 Å². The maximum Gasteiger partial charge on any atom is 0.307 e. The first kappa shape index (κ1) is 18.6. The number of rotatable bonds is 7. The predicted octanol–water partition coefficient (Wildman–Crippen LogP) is 3.28. The largest absolute Gasteiger partial charge is 0.307 e. The van der Waals surface area contributed by atoms with E-state index >= 15 is 0 Å². The first-order chi connectivity index (χ1) is 13.0. The van der Waals surface area contributed by atoms with Gasteiger partial charge in [0, 0.05) is 6.20 Å². The molecule has 0 spiro atoms. The molecule has 0 saturated heterocycles. The van der Waals surface area contributed by atoms with Gasteiger partial charge in [-0.2, -0.15) is 10.2 Å². The van der Waals surface area contributed by atoms with Gasteiger partial charge in [-0.3, -0.25) is 24.3 Å². The van der Waals surface area contributed by atoms with E-state index in [4.69, 9.17) is 11.6 Å². The lowest BCUT2D eigenvalue weighted by atomic mass is 10.2. The molecular formula is C17H17ClN6O3. The molecule has 0 fully saturated rings. The fourth-order valence-electron chi connectivity index (χ4n) is 2.62. The molecule has 2 heterocycles. The van der Waals surface area contributed by atoms with Gasteiger partial charge >= 0.3 is 5.69 Å². The molecule has 1 N–H and O–H groups in total. The minimum Gasteiger partial charge on any atom is -0.306 e. The number of carbonyl (C=O) groups excluding carboxylic acids is 1. The molecule has 27 heavy (non-hydrogen) atoms. The van der Waals surface area contributed by atoms with E-state index in [-0.39, 0.29) is 11.5 Å². The minimum atomic E-state index is -0.714. The van der Waals surface area contributed by atoms with Crippen molar-refractivity contribution in [3.05, 3.63) is 69.6 Å². The maximum absolute atomic E-state index is 12.6. The highest BCUT2D eigenvalue weighted by Gasteiger charge is 2.23. The van der Waals surface area contributed by atoms with E-state index in [1.807, 2.05) is 30.3 Å². The molecule has 140 valence electrons. The van der Waals surface area contributed by atoms with Crippen LogP contribution in [0.25, 0.3) is 0 Å². The standard InChI is InChI=1S/C17H17ClN6O3/c1-2-15(23-10-13(8-19-23)24(26)27)17(25)20-16-14(18)11-22(21-16)9-12-6-4-3-5-7-12/h3-8,10-11,15H,2,9H2,1H3,(H,20,21,25). The highest BCUT2D eigenvalue weighted by atomic mass is 35.5. The van der Waals surface area contributed by atoms with E-state index in [9.17, 15) is 14.9 Å². The third-order valence-corrected chi connectivity index (χ3v) is 4.23. The van der Waals surface area contributed by atoms with Crippen molar-refractivity contribution in [2.75, 3.05) is 5.32 Å². The number of benzene rings is 1. The molecule has 2 aromatic heterocycles. The maximum atomic E-state index is 12.6. The molecule has 1 aromatic carbocycles. The molecule has 0 radical (unpaired) electrons. The molecule has 3 rings (SSSR count). The number of anilines is 1. The molecular weight excluding hydrogens is 372 g/mol. The van der Waals surface area contributed by atoms with Crippen LogP contribution in [-0.2, 0) is 11.3 Å². The summed E-state index contributed by atoms with van der Waals surface area (Å²) in [6.07, 6.45) is 4.36. The summed E-state index contributed by atoms with van der Waals surface area (Å²) in [6, 6.07) is 9.00. The number of aromatic nitrogens is 4. The van der Waals surface area contributed by atoms with Crippen LogP contribution in [0, 0.1) is 10.1 Å². The third-order valence-electron chi connectivity index (χ3n) is 3.95. The summed E-state index contributed by atoms with van der Waals surface area (Å²) < 4.78 is 2.90. The zero-order valence-electron chi connectivity index (χ0n) is 14.4. The fraction of sp³-hybridized carbons (Fsp3) is 0.235. The lowest BCUT2D eigenvalue weighted by Gasteiger charge is -2.14. The van der Waals surface area contributed by atoms with Crippen molar-refractivity contribution >= 4 is 29.0 Å². The van der Waals surface area contributed by atoms with Crippen LogP contribution in [0.1, 0.15) is 24.9 Å². The quantitative estimate of drug-likeness (QED) is 0.493. The Labute approximate surface area is 159 Å². The molecule has 1 unspecified atom stereocenters. The van der Waals surface area contributed by atoms with E-state index < -0.39 is 16.9 Å². The summed E-state index contributed by atoms with van der Waals surface area (Å²) in [7, 11) is 0. The van der Waals surface area contributed by atoms with Gasteiger partial charge in [-0.15, -0.1) is 0 Å². The normalized spacial score (nSPS) is 11.9. The smallest absolute Gasteiger partial charge is 0.306 e. The number of hydrogen-bond donors (Lipinski definition) is 1. The Morgan fingerprint density at radius 1 is 1.33 bits per heavy atom. The van der Waals surface area contributed by atoms with Crippen LogP contribution >= 0.6 is 11.6 Å². The van der Waals surface area contributed by atoms with Gasteiger partial charge in [0.25, 0.3) is 0 Å². The summed E-state index contributed by atoms with van der Waals surface area (Å²) in [5.74, 6) is -0.167. The molecule has 0 aliphatic carbocycles. The van der Waals surface area contributed by atoms with Gasteiger partial charge in [-0.25, -0.2) is 0 Å². The van der Waals surface area contributed by atoms with Crippen LogP contribution in [0.2, 0.25) is 5.02 Å². The molecule has 10 heteroatoms. The second kappa shape index (κ2) is 8.00. The van der Waals surface area contributed by atoms with Gasteiger partial charge in [0.2, 0.25) is 5.91 Å². The summed E-state index contributed by atoms with van der Waals surface area (Å²) >= 11 is 6.19. The SMILES string of the molecule is CCC(C(=O)Nc1nn(Cc2ccccc2)cc1Cl)n1cc([N+](=O)[O-])cn1. The van der Waals surface area contributed by atoms with Crippen LogP contribution in [-0.4, -0.2) is 30.4 Å². The highest BCUT2D eigenvalue weighted by molar-refractivity contribution is 6.33. The number of nitrogens with one attached hydrogen (secondary N) is 1. The molecule has 9 nitrogen and oxygen atoms in total. The average molecular weight is 389 g/mol. The lowest BCUT2D eigenvalue weighted by Crippen LogP contribution is -2.26. The lowest BCUT2D eigenvalue weighted by molar-refractivity contribution is -0.385. The number of nitrogens with zero attached hydrogens (tertiary/aromatic N) is 5. The second-order valence-corrected chi connectivity index (χ2v) is 6.26.